The Kier molecular flexibility index (Phi) is 58.1. The third-order valence-corrected chi connectivity index (χ3v) is 12.6. The Labute approximate surface area is 403 Å². The van der Waals surface area contributed by atoms with E-state index < -0.39 is 11.6 Å². The van der Waals surface area contributed by atoms with Crippen molar-refractivity contribution >= 4 is 23.8 Å². The van der Waals surface area contributed by atoms with Crippen molar-refractivity contribution in [2.45, 2.75) is 266 Å². The van der Waals surface area contributed by atoms with Gasteiger partial charge in [0.25, 0.3) is 6.47 Å². The molecule has 65 heavy (non-hydrogen) atoms. The van der Waals surface area contributed by atoms with Gasteiger partial charge in [0.05, 0.1) is 5.70 Å². The van der Waals surface area contributed by atoms with Crippen LogP contribution in [-0.2, 0) is 19.2 Å². The van der Waals surface area contributed by atoms with Crippen molar-refractivity contribution in [3.63, 3.8) is 0 Å². The molecule has 0 aromatic heterocycles. The van der Waals surface area contributed by atoms with Crippen LogP contribution >= 0.6 is 0 Å². The lowest BCUT2D eigenvalue weighted by Crippen LogP contribution is -2.31. The van der Waals surface area contributed by atoms with Crippen molar-refractivity contribution in [1.29, 1.82) is 0 Å². The van der Waals surface area contributed by atoms with Crippen LogP contribution in [0.25, 0.3) is 0 Å². The molecule has 1 fully saturated rings. The number of carboxylic acid groups (broad SMARTS) is 1. The monoisotopic (exact) mass is 922 g/mol. The van der Waals surface area contributed by atoms with Crippen LogP contribution in [-0.4, -0.2) is 84.8 Å². The normalized spacial score (nSPS) is 13.4. The highest BCUT2D eigenvalue weighted by molar-refractivity contribution is 6.42. The molecular formula is C56H111N3O6. The van der Waals surface area contributed by atoms with E-state index in [0.717, 1.165) is 76.4 Å². The van der Waals surface area contributed by atoms with E-state index in [0.29, 0.717) is 18.9 Å². The summed E-state index contributed by atoms with van der Waals surface area (Å²) in [6, 6.07) is 0. The minimum atomic E-state index is -0.515. The Balaban J connectivity index is -0.00000165. The van der Waals surface area contributed by atoms with Crippen LogP contribution < -0.4 is 10.6 Å². The van der Waals surface area contributed by atoms with E-state index in [1.807, 2.05) is 0 Å². The van der Waals surface area contributed by atoms with Crippen LogP contribution in [0, 0.1) is 11.8 Å². The van der Waals surface area contributed by atoms with Crippen LogP contribution in [0.2, 0.25) is 0 Å². The third-order valence-electron chi connectivity index (χ3n) is 12.6. The molecular weight excluding hydrogens is 811 g/mol. The molecule has 386 valence electrons. The van der Waals surface area contributed by atoms with Gasteiger partial charge in [0, 0.05) is 32.9 Å². The highest BCUT2D eigenvalue weighted by Gasteiger charge is 2.13. The van der Waals surface area contributed by atoms with E-state index in [1.165, 1.54) is 200 Å². The molecule has 1 saturated heterocycles. The van der Waals surface area contributed by atoms with Gasteiger partial charge < -0.3 is 25.7 Å². The molecule has 9 heteroatoms. The lowest BCUT2D eigenvalue weighted by Gasteiger charge is -2.23. The predicted molar refractivity (Wildman–Crippen MR) is 280 cm³/mol. The second kappa shape index (κ2) is 56.2. The summed E-state index contributed by atoms with van der Waals surface area (Å²) in [4.78, 5) is 46.3. The molecule has 1 rings (SSSR count). The fourth-order valence-electron chi connectivity index (χ4n) is 8.45. The number of ketones is 3. The van der Waals surface area contributed by atoms with Gasteiger partial charge in [-0.2, -0.15) is 0 Å². The number of nitrogens with one attached hydrogen (secondary N) is 2. The molecule has 0 radical (unpaired) electrons. The zero-order chi connectivity index (χ0) is 48.9. The molecule has 0 aromatic carbocycles. The SMILES string of the molecule is C=C(NCCCN(CCCCCCCC(=O)CCCCCCCC)CCCCCCCC(CCC)CCCCCC)C(=O)C(C)=O.CC1CCNC1.CCCCCCCCCO.O=CO. The molecule has 0 aromatic rings. The number of unbranched alkanes of at least 4 members (excludes halogenated alkanes) is 22. The molecule has 0 bridgehead atoms. The van der Waals surface area contributed by atoms with Crippen LogP contribution in [0.4, 0.5) is 0 Å². The highest BCUT2D eigenvalue weighted by Crippen LogP contribution is 2.23. The summed E-state index contributed by atoms with van der Waals surface area (Å²) in [5, 5.41) is 21.7. The third kappa shape index (κ3) is 54.4. The molecule has 2 atom stereocenters. The van der Waals surface area contributed by atoms with Gasteiger partial charge in [-0.05, 0) is 89.5 Å². The molecule has 4 N–H and O–H groups in total. The number of allylic oxidation sites excluding steroid dienone is 1. The van der Waals surface area contributed by atoms with Crippen molar-refractivity contribution in [2.75, 3.05) is 45.9 Å². The summed E-state index contributed by atoms with van der Waals surface area (Å²) in [5.41, 5.74) is 0.214. The van der Waals surface area contributed by atoms with E-state index in [4.69, 9.17) is 15.0 Å². The molecule has 2 unspecified atom stereocenters. The van der Waals surface area contributed by atoms with Crippen LogP contribution in [0.15, 0.2) is 12.3 Å². The summed E-state index contributed by atoms with van der Waals surface area (Å²) >= 11 is 0. The van der Waals surface area contributed by atoms with Gasteiger partial charge in [-0.25, -0.2) is 0 Å². The largest absolute Gasteiger partial charge is 0.483 e. The first-order valence-electron chi connectivity index (χ1n) is 27.7. The average Bonchev–Trinajstić information content (AvgIpc) is 3.78. The predicted octanol–water partition coefficient (Wildman–Crippen LogP) is 14.4. The van der Waals surface area contributed by atoms with E-state index in [1.54, 1.807) is 0 Å². The Morgan fingerprint density at radius 3 is 1.45 bits per heavy atom. The average molecular weight is 923 g/mol. The van der Waals surface area contributed by atoms with Crippen LogP contribution in [0.5, 0.6) is 0 Å². The first kappa shape index (κ1) is 67.2. The van der Waals surface area contributed by atoms with Gasteiger partial charge in [0.15, 0.2) is 0 Å². The maximum atomic E-state index is 12.2. The molecule has 1 aliphatic rings. The summed E-state index contributed by atoms with van der Waals surface area (Å²) < 4.78 is 0. The zero-order valence-corrected chi connectivity index (χ0v) is 44.1. The Morgan fingerprint density at radius 1 is 0.631 bits per heavy atom. The maximum Gasteiger partial charge on any atom is 0.290 e. The standard InChI is InChI=1S/C41H78N2O3.C9H20O.C5H11N.CH2O2/c1-6-9-11-13-17-23-31-40(45)32-24-18-15-20-26-35-43(36-27-33-42-37(4)41(46)38(5)44)34-25-19-14-16-22-30-39(28-8-3)29-21-12-10-7-2;1-2-3-4-5-6-7-8-9-10;1-5-2-3-6-4-5;2-1-3/h39,42H,4,6-36H2,1-3,5H3;10H,2-9H2,1H3;5-6H,2-4H2,1H3;1H,(H,2,3). The van der Waals surface area contributed by atoms with Gasteiger partial charge in [-0.3, -0.25) is 19.2 Å². The van der Waals surface area contributed by atoms with E-state index in [2.05, 4.69) is 56.7 Å². The van der Waals surface area contributed by atoms with Crippen LogP contribution in [0.1, 0.15) is 266 Å². The minimum Gasteiger partial charge on any atom is -0.483 e. The summed E-state index contributed by atoms with van der Waals surface area (Å²) in [7, 11) is 0. The smallest absolute Gasteiger partial charge is 0.290 e. The number of Topliss-reactive ketones (excluding diaryl/α,β-unsaturated/α-hetero) is 3. The Morgan fingerprint density at radius 2 is 1.05 bits per heavy atom. The van der Waals surface area contributed by atoms with Gasteiger partial charge in [-0.15, -0.1) is 0 Å². The van der Waals surface area contributed by atoms with Crippen molar-refractivity contribution < 1.29 is 29.4 Å². The summed E-state index contributed by atoms with van der Waals surface area (Å²) in [6.07, 6.45) is 43.9. The second-order valence-corrected chi connectivity index (χ2v) is 19.2. The fraction of sp³-hybridized carbons (Fsp3) is 0.893. The van der Waals surface area contributed by atoms with E-state index in [-0.39, 0.29) is 12.2 Å². The number of hydrogen-bond donors (Lipinski definition) is 4. The number of aliphatic hydroxyl groups excluding tert-OH is 1. The number of hydrogen-bond acceptors (Lipinski definition) is 8. The lowest BCUT2D eigenvalue weighted by atomic mass is 9.91. The highest BCUT2D eigenvalue weighted by atomic mass is 16.3. The first-order chi connectivity index (χ1) is 31.6. The number of carbonyl (C=O) groups excluding carboxylic acids is 3. The summed E-state index contributed by atoms with van der Waals surface area (Å²) in [5.74, 6) is 1.36. The van der Waals surface area contributed by atoms with Crippen molar-refractivity contribution in [2.24, 2.45) is 11.8 Å². The Hall–Kier alpha value is -2.10. The van der Waals surface area contributed by atoms with Gasteiger partial charge in [0.1, 0.15) is 5.78 Å². The lowest BCUT2D eigenvalue weighted by molar-refractivity contribution is -0.133. The molecule has 1 heterocycles. The van der Waals surface area contributed by atoms with Crippen molar-refractivity contribution in [1.82, 2.24) is 15.5 Å². The molecule has 9 nitrogen and oxygen atoms in total. The molecule has 0 amide bonds. The number of aliphatic hydroxyl groups is 1. The maximum absolute atomic E-state index is 12.2. The number of rotatable bonds is 44. The van der Waals surface area contributed by atoms with Crippen LogP contribution in [0.3, 0.4) is 0 Å². The van der Waals surface area contributed by atoms with E-state index >= 15 is 0 Å². The molecule has 0 aliphatic carbocycles. The van der Waals surface area contributed by atoms with Gasteiger partial charge >= 0.3 is 0 Å². The van der Waals surface area contributed by atoms with Gasteiger partial charge in [-0.1, -0.05) is 208 Å². The number of carbonyl (C=O) groups is 4. The Bertz CT molecular complexity index is 1030. The van der Waals surface area contributed by atoms with Gasteiger partial charge in [0.2, 0.25) is 11.6 Å². The quantitative estimate of drug-likeness (QED) is 0.0204. The van der Waals surface area contributed by atoms with E-state index in [9.17, 15) is 14.4 Å². The van der Waals surface area contributed by atoms with Crippen molar-refractivity contribution in [3.8, 4) is 0 Å². The topological polar surface area (TPSA) is 136 Å². The van der Waals surface area contributed by atoms with Crippen molar-refractivity contribution in [3.05, 3.63) is 12.3 Å². The molecule has 1 aliphatic heterocycles. The fourth-order valence-corrected chi connectivity index (χ4v) is 8.45. The molecule has 0 saturated carbocycles. The molecule has 0 spiro atoms. The summed E-state index contributed by atoms with van der Waals surface area (Å²) in [6.45, 7) is 22.9. The first-order valence-corrected chi connectivity index (χ1v) is 27.7. The minimum absolute atomic E-state index is 0.214. The zero-order valence-electron chi connectivity index (χ0n) is 44.1. The number of nitrogens with zero attached hydrogens (tertiary/aromatic N) is 1. The second-order valence-electron chi connectivity index (χ2n) is 19.2.